The second-order valence-electron chi connectivity index (χ2n) is 12.1. The number of fused-ring (bicyclic) bond motifs is 1. The van der Waals surface area contributed by atoms with Crippen LogP contribution in [0.3, 0.4) is 0 Å². The molecular weight excluding hydrogens is 408 g/mol. The Kier molecular flexibility index (Phi) is 7.69. The fourth-order valence-electron chi connectivity index (χ4n) is 5.77. The van der Waals surface area contributed by atoms with Crippen molar-refractivity contribution < 1.29 is 23.5 Å². The molecule has 0 radical (unpaired) electrons. The highest BCUT2D eigenvalue weighted by Crippen LogP contribution is 2.60. The third-order valence-electron chi connectivity index (χ3n) is 8.64. The number of hydrogen-bond donors (Lipinski definition) is 0. The van der Waals surface area contributed by atoms with Gasteiger partial charge in [0.05, 0.1) is 6.61 Å². The van der Waals surface area contributed by atoms with Crippen molar-refractivity contribution in [1.29, 1.82) is 0 Å². The molecule has 2 aliphatic carbocycles. The Morgan fingerprint density at radius 3 is 2.26 bits per heavy atom. The summed E-state index contributed by atoms with van der Waals surface area (Å²) in [5, 5.41) is 0.0104. The van der Waals surface area contributed by atoms with Gasteiger partial charge in [0.15, 0.2) is 14.1 Å². The molecule has 2 aliphatic rings. The van der Waals surface area contributed by atoms with Gasteiger partial charge in [-0.05, 0) is 62.1 Å². The van der Waals surface area contributed by atoms with Crippen LogP contribution < -0.4 is 0 Å². The number of carbonyl (C=O) groups excluding carboxylic acids is 3. The highest BCUT2D eigenvalue weighted by Gasteiger charge is 2.59. The Balaban J connectivity index is 2.44. The van der Waals surface area contributed by atoms with Gasteiger partial charge in [0, 0.05) is 24.7 Å². The molecule has 0 bridgehead atoms. The smallest absolute Gasteiger partial charge is 0.302 e. The topological polar surface area (TPSA) is 69.7 Å². The summed E-state index contributed by atoms with van der Waals surface area (Å²) in [6.45, 7) is 18.8. The first kappa shape index (κ1) is 26.2. The van der Waals surface area contributed by atoms with E-state index in [4.69, 9.17) is 9.16 Å². The zero-order chi connectivity index (χ0) is 23.8. The van der Waals surface area contributed by atoms with Gasteiger partial charge in [-0.3, -0.25) is 9.59 Å². The first-order valence-electron chi connectivity index (χ1n) is 11.9. The van der Waals surface area contributed by atoms with E-state index in [1.54, 1.807) is 6.92 Å². The van der Waals surface area contributed by atoms with Gasteiger partial charge in [-0.25, -0.2) is 0 Å². The Morgan fingerprint density at radius 1 is 1.13 bits per heavy atom. The molecule has 0 spiro atoms. The van der Waals surface area contributed by atoms with E-state index >= 15 is 0 Å². The monoisotopic (exact) mass is 452 g/mol. The summed E-state index contributed by atoms with van der Waals surface area (Å²) in [6, 6.07) is 0. The summed E-state index contributed by atoms with van der Waals surface area (Å²) in [7, 11) is -2.15. The molecule has 6 heteroatoms. The molecule has 0 N–H and O–H groups in total. The van der Waals surface area contributed by atoms with Gasteiger partial charge in [0.1, 0.15) is 11.9 Å². The molecule has 0 amide bonds. The molecular formula is C25H44O5Si. The van der Waals surface area contributed by atoms with Crippen LogP contribution in [0.4, 0.5) is 0 Å². The molecule has 178 valence electrons. The van der Waals surface area contributed by atoms with Crippen molar-refractivity contribution in [3.05, 3.63) is 0 Å². The Morgan fingerprint density at radius 2 is 1.74 bits per heavy atom. The lowest BCUT2D eigenvalue weighted by Gasteiger charge is -2.59. The van der Waals surface area contributed by atoms with Crippen LogP contribution in [-0.2, 0) is 23.5 Å². The van der Waals surface area contributed by atoms with Crippen LogP contribution in [0.5, 0.6) is 0 Å². The van der Waals surface area contributed by atoms with E-state index in [1.165, 1.54) is 6.92 Å². The largest absolute Gasteiger partial charge is 0.465 e. The summed E-state index contributed by atoms with van der Waals surface area (Å²) < 4.78 is 12.2. The summed E-state index contributed by atoms with van der Waals surface area (Å²) in [4.78, 5) is 37.2. The summed E-state index contributed by atoms with van der Waals surface area (Å²) in [5.41, 5.74) is -0.393. The normalized spacial score (nSPS) is 34.2. The first-order valence-corrected chi connectivity index (χ1v) is 14.8. The van der Waals surface area contributed by atoms with Crippen LogP contribution >= 0.6 is 0 Å². The van der Waals surface area contributed by atoms with E-state index in [-0.39, 0.29) is 45.2 Å². The van der Waals surface area contributed by atoms with Crippen LogP contribution in [0.2, 0.25) is 18.1 Å². The lowest BCUT2D eigenvalue weighted by Crippen LogP contribution is -2.60. The van der Waals surface area contributed by atoms with Gasteiger partial charge >= 0.3 is 5.97 Å². The van der Waals surface area contributed by atoms with E-state index in [1.807, 2.05) is 0 Å². The molecule has 5 atom stereocenters. The predicted molar refractivity (Wildman–Crippen MR) is 125 cm³/mol. The minimum atomic E-state index is -2.15. The van der Waals surface area contributed by atoms with E-state index < -0.39 is 14.4 Å². The number of Topliss-reactive ketones (excluding diaryl/α,β-unsaturated/α-hetero) is 2. The summed E-state index contributed by atoms with van der Waals surface area (Å²) >= 11 is 0. The van der Waals surface area contributed by atoms with Crippen molar-refractivity contribution in [2.45, 2.75) is 111 Å². The van der Waals surface area contributed by atoms with Gasteiger partial charge in [0.25, 0.3) is 0 Å². The maximum atomic E-state index is 13.8. The van der Waals surface area contributed by atoms with E-state index in [9.17, 15) is 14.4 Å². The molecule has 5 nitrogen and oxygen atoms in total. The molecule has 31 heavy (non-hydrogen) atoms. The average molecular weight is 453 g/mol. The molecule has 0 aromatic rings. The molecule has 0 saturated heterocycles. The van der Waals surface area contributed by atoms with Crippen LogP contribution in [0.25, 0.3) is 0 Å². The lowest BCUT2D eigenvalue weighted by atomic mass is 9.47. The molecule has 2 saturated carbocycles. The Bertz CT molecular complexity index is 709. The minimum Gasteiger partial charge on any atom is -0.465 e. The number of carbonyl (C=O) groups is 3. The fourth-order valence-corrected chi connectivity index (χ4v) is 7.04. The van der Waals surface area contributed by atoms with Gasteiger partial charge in [0.2, 0.25) is 0 Å². The number of ether oxygens (including phenoxy) is 1. The van der Waals surface area contributed by atoms with Gasteiger partial charge < -0.3 is 14.0 Å². The third-order valence-corrected chi connectivity index (χ3v) is 13.1. The van der Waals surface area contributed by atoms with E-state index in [0.29, 0.717) is 25.9 Å². The van der Waals surface area contributed by atoms with Crippen molar-refractivity contribution in [3.63, 3.8) is 0 Å². The van der Waals surface area contributed by atoms with E-state index in [0.717, 1.165) is 19.3 Å². The van der Waals surface area contributed by atoms with Crippen molar-refractivity contribution in [2.75, 3.05) is 6.61 Å². The number of ketones is 2. The lowest BCUT2D eigenvalue weighted by molar-refractivity contribution is -0.170. The zero-order valence-electron chi connectivity index (χ0n) is 21.2. The molecule has 0 aromatic carbocycles. The molecule has 2 rings (SSSR count). The van der Waals surface area contributed by atoms with Crippen LogP contribution in [0, 0.1) is 22.7 Å². The van der Waals surface area contributed by atoms with Gasteiger partial charge in [-0.1, -0.05) is 41.0 Å². The fraction of sp³-hybridized carbons (Fsp3) is 0.880. The zero-order valence-corrected chi connectivity index (χ0v) is 22.2. The maximum Gasteiger partial charge on any atom is 0.302 e. The Labute approximate surface area is 190 Å². The summed E-state index contributed by atoms with van der Waals surface area (Å²) in [5.74, 6) is 0.0578. The molecule has 0 aliphatic heterocycles. The molecule has 0 heterocycles. The molecule has 2 fully saturated rings. The van der Waals surface area contributed by atoms with Crippen molar-refractivity contribution in [1.82, 2.24) is 0 Å². The van der Waals surface area contributed by atoms with Crippen LogP contribution in [0.15, 0.2) is 0 Å². The predicted octanol–water partition coefficient (Wildman–Crippen LogP) is 5.71. The third kappa shape index (κ3) is 5.49. The maximum absolute atomic E-state index is 13.8. The van der Waals surface area contributed by atoms with Gasteiger partial charge in [-0.15, -0.1) is 0 Å². The highest BCUT2D eigenvalue weighted by molar-refractivity contribution is 6.74. The average Bonchev–Trinajstić information content (AvgIpc) is 2.60. The standard InChI is InChI=1S/C25H44O5Si/c1-17(26)11-12-19-22(28)20(30-31(8,9)23(3,4)5)15-21-24(6,16-29-18(2)27)13-10-14-25(19,21)7/h19-21H,10-16H2,1-9H3/t19-,20+,21-,24+,25+/m0/s1. The van der Waals surface area contributed by atoms with Crippen molar-refractivity contribution >= 4 is 25.9 Å². The minimum absolute atomic E-state index is 0.0104. The van der Waals surface area contributed by atoms with Crippen LogP contribution in [0.1, 0.15) is 87.0 Å². The second-order valence-corrected chi connectivity index (χ2v) is 16.9. The first-order chi connectivity index (χ1) is 14.0. The van der Waals surface area contributed by atoms with Gasteiger partial charge in [-0.2, -0.15) is 0 Å². The second kappa shape index (κ2) is 9.09. The van der Waals surface area contributed by atoms with Crippen LogP contribution in [-0.4, -0.2) is 38.6 Å². The quantitative estimate of drug-likeness (QED) is 0.365. The highest BCUT2D eigenvalue weighted by atomic mass is 28.4. The van der Waals surface area contributed by atoms with Crippen molar-refractivity contribution in [2.24, 2.45) is 22.7 Å². The molecule has 0 unspecified atom stereocenters. The SMILES string of the molecule is CC(=O)CC[C@H]1C(=O)[C@H](O[Si](C)(C)C(C)(C)C)C[C@H]2[C@@](C)(COC(C)=O)CCC[C@]12C. The number of esters is 1. The Hall–Kier alpha value is -1.01. The van der Waals surface area contributed by atoms with Crippen molar-refractivity contribution in [3.8, 4) is 0 Å². The number of rotatable bonds is 7. The van der Waals surface area contributed by atoms with E-state index in [2.05, 4.69) is 47.7 Å². The summed E-state index contributed by atoms with van der Waals surface area (Å²) in [6.07, 6.45) is 4.19. The molecule has 0 aromatic heterocycles. The number of hydrogen-bond acceptors (Lipinski definition) is 5.